The zero-order valence-electron chi connectivity index (χ0n) is 7.67. The average Bonchev–Trinajstić information content (AvgIpc) is 2.02. The second-order valence-electron chi connectivity index (χ2n) is 3.33. The standard InChI is InChI=1S/C8H17NO3/c1-3-4-8(2,5-10)6-12-7(9)11/h10H,3-6H2,1-2H3,(H2,9,11)/t8-/m1/s1. The Bertz CT molecular complexity index is 149. The average molecular weight is 175 g/mol. The second-order valence-corrected chi connectivity index (χ2v) is 3.33. The summed E-state index contributed by atoms with van der Waals surface area (Å²) in [5, 5.41) is 9.00. The summed E-state index contributed by atoms with van der Waals surface area (Å²) in [6.07, 6.45) is 0.974. The monoisotopic (exact) mass is 175 g/mol. The van der Waals surface area contributed by atoms with E-state index >= 15 is 0 Å². The molecule has 3 N–H and O–H groups in total. The molecule has 0 fully saturated rings. The summed E-state index contributed by atoms with van der Waals surface area (Å²) < 4.78 is 4.63. The van der Waals surface area contributed by atoms with E-state index in [9.17, 15) is 4.79 Å². The maximum Gasteiger partial charge on any atom is 0.404 e. The summed E-state index contributed by atoms with van der Waals surface area (Å²) >= 11 is 0. The summed E-state index contributed by atoms with van der Waals surface area (Å²) in [6.45, 7) is 4.07. The SMILES string of the molecule is CCC[C@](C)(CO)COC(N)=O. The van der Waals surface area contributed by atoms with Crippen LogP contribution in [-0.4, -0.2) is 24.4 Å². The summed E-state index contributed by atoms with van der Waals surface area (Å²) in [5.41, 5.74) is 4.46. The predicted molar refractivity (Wildman–Crippen MR) is 45.6 cm³/mol. The highest BCUT2D eigenvalue weighted by Crippen LogP contribution is 2.22. The van der Waals surface area contributed by atoms with Crippen molar-refractivity contribution in [2.75, 3.05) is 13.2 Å². The van der Waals surface area contributed by atoms with Crippen LogP contribution >= 0.6 is 0 Å². The maximum atomic E-state index is 10.3. The van der Waals surface area contributed by atoms with Gasteiger partial charge in [0, 0.05) is 5.41 Å². The van der Waals surface area contributed by atoms with Crippen molar-refractivity contribution in [3.05, 3.63) is 0 Å². The third kappa shape index (κ3) is 4.18. The first-order valence-corrected chi connectivity index (χ1v) is 4.07. The molecule has 0 unspecified atom stereocenters. The first-order valence-electron chi connectivity index (χ1n) is 4.07. The van der Waals surface area contributed by atoms with Gasteiger partial charge in [0.2, 0.25) is 0 Å². The van der Waals surface area contributed by atoms with Crippen LogP contribution in [-0.2, 0) is 4.74 Å². The van der Waals surface area contributed by atoms with Crippen LogP contribution in [0.2, 0.25) is 0 Å². The molecule has 4 nitrogen and oxygen atoms in total. The fourth-order valence-corrected chi connectivity index (χ4v) is 1.05. The Morgan fingerprint density at radius 3 is 2.58 bits per heavy atom. The van der Waals surface area contributed by atoms with Crippen molar-refractivity contribution in [1.29, 1.82) is 0 Å². The van der Waals surface area contributed by atoms with Crippen molar-refractivity contribution in [3.8, 4) is 0 Å². The first kappa shape index (κ1) is 11.2. The Morgan fingerprint density at radius 1 is 1.67 bits per heavy atom. The quantitative estimate of drug-likeness (QED) is 0.651. The lowest BCUT2D eigenvalue weighted by molar-refractivity contribution is 0.0471. The number of primary amides is 1. The topological polar surface area (TPSA) is 72.6 Å². The van der Waals surface area contributed by atoms with Gasteiger partial charge in [-0.1, -0.05) is 20.3 Å². The van der Waals surface area contributed by atoms with E-state index in [1.807, 2.05) is 13.8 Å². The third-order valence-electron chi connectivity index (χ3n) is 1.80. The van der Waals surface area contributed by atoms with Crippen molar-refractivity contribution in [2.24, 2.45) is 11.1 Å². The molecule has 12 heavy (non-hydrogen) atoms. The van der Waals surface area contributed by atoms with Gasteiger partial charge in [0.25, 0.3) is 0 Å². The molecular weight excluding hydrogens is 158 g/mol. The maximum absolute atomic E-state index is 10.3. The highest BCUT2D eigenvalue weighted by Gasteiger charge is 2.23. The van der Waals surface area contributed by atoms with Gasteiger partial charge >= 0.3 is 6.09 Å². The Labute approximate surface area is 72.7 Å². The highest BCUT2D eigenvalue weighted by molar-refractivity contribution is 5.64. The van der Waals surface area contributed by atoms with Crippen LogP contribution in [0, 0.1) is 5.41 Å². The molecule has 0 bridgehead atoms. The fourth-order valence-electron chi connectivity index (χ4n) is 1.05. The van der Waals surface area contributed by atoms with Crippen LogP contribution < -0.4 is 5.73 Å². The lowest BCUT2D eigenvalue weighted by Crippen LogP contribution is -2.30. The van der Waals surface area contributed by atoms with E-state index in [0.29, 0.717) is 0 Å². The van der Waals surface area contributed by atoms with Crippen LogP contribution in [0.1, 0.15) is 26.7 Å². The third-order valence-corrected chi connectivity index (χ3v) is 1.80. The number of carbonyl (C=O) groups excluding carboxylic acids is 1. The number of ether oxygens (including phenoxy) is 1. The smallest absolute Gasteiger partial charge is 0.404 e. The Morgan fingerprint density at radius 2 is 2.25 bits per heavy atom. The number of nitrogens with two attached hydrogens (primary N) is 1. The van der Waals surface area contributed by atoms with Gasteiger partial charge < -0.3 is 15.6 Å². The van der Waals surface area contributed by atoms with Crippen molar-refractivity contribution < 1.29 is 14.6 Å². The minimum Gasteiger partial charge on any atom is -0.449 e. The van der Waals surface area contributed by atoms with E-state index in [0.717, 1.165) is 12.8 Å². The van der Waals surface area contributed by atoms with Crippen molar-refractivity contribution in [2.45, 2.75) is 26.7 Å². The molecule has 1 amide bonds. The summed E-state index contributed by atoms with van der Waals surface area (Å²) in [7, 11) is 0. The van der Waals surface area contributed by atoms with Crippen molar-refractivity contribution >= 4 is 6.09 Å². The fraction of sp³-hybridized carbons (Fsp3) is 0.875. The number of hydrogen-bond acceptors (Lipinski definition) is 3. The number of hydrogen-bond donors (Lipinski definition) is 2. The number of aliphatic hydroxyl groups is 1. The molecular formula is C8H17NO3. The lowest BCUT2D eigenvalue weighted by atomic mass is 9.88. The van der Waals surface area contributed by atoms with Gasteiger partial charge in [0.05, 0.1) is 6.61 Å². The van der Waals surface area contributed by atoms with Gasteiger partial charge in [0.1, 0.15) is 6.61 Å². The Hall–Kier alpha value is -0.770. The molecule has 0 saturated carbocycles. The largest absolute Gasteiger partial charge is 0.449 e. The molecule has 0 saturated heterocycles. The summed E-state index contributed by atoms with van der Waals surface area (Å²) in [5.74, 6) is 0. The zero-order chi connectivity index (χ0) is 9.61. The molecule has 0 aromatic heterocycles. The lowest BCUT2D eigenvalue weighted by Gasteiger charge is -2.25. The normalized spacial score (nSPS) is 15.2. The molecule has 0 aliphatic rings. The van der Waals surface area contributed by atoms with Crippen LogP contribution in [0.15, 0.2) is 0 Å². The van der Waals surface area contributed by atoms with Gasteiger partial charge in [0.15, 0.2) is 0 Å². The van der Waals surface area contributed by atoms with Gasteiger partial charge in [-0.25, -0.2) is 4.79 Å². The zero-order valence-corrected chi connectivity index (χ0v) is 7.67. The van der Waals surface area contributed by atoms with E-state index in [1.165, 1.54) is 0 Å². The minimum atomic E-state index is -0.786. The van der Waals surface area contributed by atoms with Crippen LogP contribution in [0.25, 0.3) is 0 Å². The number of amides is 1. The summed E-state index contributed by atoms with van der Waals surface area (Å²) in [6, 6.07) is 0. The molecule has 1 atom stereocenters. The number of rotatable bonds is 5. The van der Waals surface area contributed by atoms with Crippen molar-refractivity contribution in [1.82, 2.24) is 0 Å². The molecule has 0 heterocycles. The highest BCUT2D eigenvalue weighted by atomic mass is 16.5. The molecule has 0 rings (SSSR count). The van der Waals surface area contributed by atoms with Gasteiger partial charge in [-0.3, -0.25) is 0 Å². The van der Waals surface area contributed by atoms with Crippen LogP contribution in [0.4, 0.5) is 4.79 Å². The molecule has 0 aromatic rings. The first-order chi connectivity index (χ1) is 5.54. The molecule has 0 spiro atoms. The van der Waals surface area contributed by atoms with E-state index in [-0.39, 0.29) is 18.6 Å². The molecule has 4 heteroatoms. The molecule has 0 aliphatic heterocycles. The van der Waals surface area contributed by atoms with E-state index in [4.69, 9.17) is 10.8 Å². The molecule has 0 aliphatic carbocycles. The summed E-state index contributed by atoms with van der Waals surface area (Å²) in [4.78, 5) is 10.3. The Balaban J connectivity index is 3.86. The predicted octanol–water partition coefficient (Wildman–Crippen LogP) is 0.880. The minimum absolute atomic E-state index is 0.00806. The van der Waals surface area contributed by atoms with E-state index in [1.54, 1.807) is 0 Å². The molecule has 0 aromatic carbocycles. The van der Waals surface area contributed by atoms with E-state index < -0.39 is 6.09 Å². The van der Waals surface area contributed by atoms with Gasteiger partial charge in [-0.2, -0.15) is 0 Å². The van der Waals surface area contributed by atoms with Crippen LogP contribution in [0.5, 0.6) is 0 Å². The van der Waals surface area contributed by atoms with Crippen molar-refractivity contribution in [3.63, 3.8) is 0 Å². The number of carbonyl (C=O) groups is 1. The number of aliphatic hydroxyl groups excluding tert-OH is 1. The van der Waals surface area contributed by atoms with Gasteiger partial charge in [-0.15, -0.1) is 0 Å². The van der Waals surface area contributed by atoms with Crippen LogP contribution in [0.3, 0.4) is 0 Å². The molecule has 72 valence electrons. The second kappa shape index (κ2) is 4.98. The molecule has 0 radical (unpaired) electrons. The van der Waals surface area contributed by atoms with E-state index in [2.05, 4.69) is 4.74 Å². The Kier molecular flexibility index (Phi) is 4.66. The van der Waals surface area contributed by atoms with Gasteiger partial charge in [-0.05, 0) is 6.42 Å².